The molecule has 0 atom stereocenters. The van der Waals surface area contributed by atoms with Gasteiger partial charge in [-0.1, -0.05) is 11.2 Å². The molecule has 0 amide bonds. The number of hydrogen-bond donors (Lipinski definition) is 0. The quantitative estimate of drug-likeness (QED) is 0.821. The Morgan fingerprint density at radius 3 is 3.00 bits per heavy atom. The number of hydrogen-bond acceptors (Lipinski definition) is 5. The molecule has 0 unspecified atom stereocenters. The minimum Gasteiger partial charge on any atom is -0.494 e. The predicted molar refractivity (Wildman–Crippen MR) is 83.9 cm³/mol. The first-order valence-corrected chi connectivity index (χ1v) is 8.00. The summed E-state index contributed by atoms with van der Waals surface area (Å²) >= 11 is 0. The zero-order valence-electron chi connectivity index (χ0n) is 13.3. The number of rotatable bonds is 6. The molecule has 1 aliphatic heterocycles. The van der Waals surface area contributed by atoms with Crippen LogP contribution in [0.25, 0.3) is 0 Å². The molecule has 0 saturated carbocycles. The van der Waals surface area contributed by atoms with E-state index in [2.05, 4.69) is 33.2 Å². The summed E-state index contributed by atoms with van der Waals surface area (Å²) in [6.45, 7) is 7.75. The predicted octanol–water partition coefficient (Wildman–Crippen LogP) is 2.77. The van der Waals surface area contributed by atoms with E-state index < -0.39 is 0 Å². The summed E-state index contributed by atoms with van der Waals surface area (Å²) < 4.78 is 10.8. The minimum absolute atomic E-state index is 0.713. The second-order valence-electron chi connectivity index (χ2n) is 5.73. The van der Waals surface area contributed by atoms with Gasteiger partial charge >= 0.3 is 0 Å². The molecule has 22 heavy (non-hydrogen) atoms. The Bertz CT molecular complexity index is 624. The number of ether oxygens (including phenoxy) is 1. The van der Waals surface area contributed by atoms with E-state index in [1.807, 2.05) is 13.8 Å². The molecular formula is C17H23N3O2. The molecule has 1 aromatic carbocycles. The van der Waals surface area contributed by atoms with Gasteiger partial charge in [0.25, 0.3) is 0 Å². The Hall–Kier alpha value is -1.88. The molecule has 2 aromatic rings. The molecule has 3 rings (SSSR count). The fourth-order valence-electron chi connectivity index (χ4n) is 2.93. The third-order valence-electron chi connectivity index (χ3n) is 4.01. The van der Waals surface area contributed by atoms with Crippen LogP contribution >= 0.6 is 0 Å². The normalized spacial score (nSPS) is 14.8. The van der Waals surface area contributed by atoms with Crippen molar-refractivity contribution in [2.75, 3.05) is 19.7 Å². The summed E-state index contributed by atoms with van der Waals surface area (Å²) in [4.78, 5) is 6.74. The summed E-state index contributed by atoms with van der Waals surface area (Å²) in [7, 11) is 0. The Labute approximate surface area is 131 Å². The second kappa shape index (κ2) is 6.92. The highest BCUT2D eigenvalue weighted by Crippen LogP contribution is 2.24. The molecule has 0 aliphatic carbocycles. The summed E-state index contributed by atoms with van der Waals surface area (Å²) in [6.07, 6.45) is 3.01. The zero-order valence-corrected chi connectivity index (χ0v) is 13.3. The molecule has 1 aromatic heterocycles. The molecule has 0 fully saturated rings. The van der Waals surface area contributed by atoms with Crippen LogP contribution in [0, 0.1) is 6.92 Å². The van der Waals surface area contributed by atoms with Crippen LogP contribution < -0.4 is 4.74 Å². The second-order valence-corrected chi connectivity index (χ2v) is 5.73. The van der Waals surface area contributed by atoms with Crippen molar-refractivity contribution in [2.24, 2.45) is 0 Å². The third-order valence-corrected chi connectivity index (χ3v) is 4.01. The van der Waals surface area contributed by atoms with Crippen LogP contribution in [0.4, 0.5) is 0 Å². The van der Waals surface area contributed by atoms with Crippen molar-refractivity contribution in [1.29, 1.82) is 0 Å². The number of fused-ring (bicyclic) bond motifs is 1. The van der Waals surface area contributed by atoms with Gasteiger partial charge in [-0.15, -0.1) is 0 Å². The standard InChI is InChI=1S/C17H23N3O2/c1-3-21-16-7-6-14-8-10-20(12-15(14)11-16)9-4-5-17-18-13(2)19-22-17/h6-7,11H,3-5,8-10,12H2,1-2H3. The Balaban J connectivity index is 1.53. The van der Waals surface area contributed by atoms with Gasteiger partial charge in [0.05, 0.1) is 6.61 Å². The van der Waals surface area contributed by atoms with Gasteiger partial charge in [0, 0.05) is 19.5 Å². The van der Waals surface area contributed by atoms with Crippen molar-refractivity contribution in [1.82, 2.24) is 15.0 Å². The maximum atomic E-state index is 5.60. The van der Waals surface area contributed by atoms with Gasteiger partial charge in [0.2, 0.25) is 5.89 Å². The average Bonchev–Trinajstić information content (AvgIpc) is 2.93. The first-order chi connectivity index (χ1) is 10.7. The molecule has 0 spiro atoms. The molecule has 0 saturated heterocycles. The van der Waals surface area contributed by atoms with E-state index in [0.29, 0.717) is 12.4 Å². The van der Waals surface area contributed by atoms with Crippen LogP contribution in [0.1, 0.15) is 36.2 Å². The van der Waals surface area contributed by atoms with Gasteiger partial charge in [0.1, 0.15) is 5.75 Å². The van der Waals surface area contributed by atoms with Crippen LogP contribution in [-0.2, 0) is 19.4 Å². The maximum absolute atomic E-state index is 5.60. The van der Waals surface area contributed by atoms with Crippen LogP contribution in [0.3, 0.4) is 0 Å². The number of aromatic nitrogens is 2. The van der Waals surface area contributed by atoms with E-state index >= 15 is 0 Å². The first kappa shape index (κ1) is 15.0. The van der Waals surface area contributed by atoms with E-state index in [-0.39, 0.29) is 0 Å². The summed E-state index contributed by atoms with van der Waals surface area (Å²) in [6, 6.07) is 6.47. The highest BCUT2D eigenvalue weighted by molar-refractivity contribution is 5.37. The van der Waals surface area contributed by atoms with Crippen molar-refractivity contribution < 1.29 is 9.26 Å². The molecule has 1 aliphatic rings. The van der Waals surface area contributed by atoms with E-state index in [1.54, 1.807) is 0 Å². The van der Waals surface area contributed by atoms with Gasteiger partial charge in [-0.2, -0.15) is 4.98 Å². The van der Waals surface area contributed by atoms with E-state index in [9.17, 15) is 0 Å². The first-order valence-electron chi connectivity index (χ1n) is 8.00. The summed E-state index contributed by atoms with van der Waals surface area (Å²) in [5.74, 6) is 2.43. The van der Waals surface area contributed by atoms with E-state index in [0.717, 1.165) is 50.5 Å². The van der Waals surface area contributed by atoms with Crippen LogP contribution in [0.15, 0.2) is 22.7 Å². The van der Waals surface area contributed by atoms with Crippen molar-refractivity contribution >= 4 is 0 Å². The number of aryl methyl sites for hydroxylation is 2. The smallest absolute Gasteiger partial charge is 0.226 e. The molecule has 0 bridgehead atoms. The highest BCUT2D eigenvalue weighted by atomic mass is 16.5. The van der Waals surface area contributed by atoms with E-state index in [1.165, 1.54) is 11.1 Å². The van der Waals surface area contributed by atoms with Gasteiger partial charge in [0.15, 0.2) is 5.82 Å². The van der Waals surface area contributed by atoms with Crippen molar-refractivity contribution in [3.8, 4) is 5.75 Å². The topological polar surface area (TPSA) is 51.4 Å². The van der Waals surface area contributed by atoms with Gasteiger partial charge in [-0.3, -0.25) is 4.90 Å². The lowest BCUT2D eigenvalue weighted by Crippen LogP contribution is -2.31. The Kier molecular flexibility index (Phi) is 4.73. The largest absolute Gasteiger partial charge is 0.494 e. The fraction of sp³-hybridized carbons (Fsp3) is 0.529. The molecule has 0 N–H and O–H groups in total. The SMILES string of the molecule is CCOc1ccc2c(c1)CN(CCCc1nc(C)no1)CC2. The molecule has 118 valence electrons. The lowest BCUT2D eigenvalue weighted by molar-refractivity contribution is 0.246. The fourth-order valence-corrected chi connectivity index (χ4v) is 2.93. The van der Waals surface area contributed by atoms with E-state index in [4.69, 9.17) is 9.26 Å². The summed E-state index contributed by atoms with van der Waals surface area (Å²) in [5.41, 5.74) is 2.85. The number of benzene rings is 1. The van der Waals surface area contributed by atoms with Crippen LogP contribution in [0.2, 0.25) is 0 Å². The van der Waals surface area contributed by atoms with Gasteiger partial charge in [-0.25, -0.2) is 0 Å². The number of nitrogens with zero attached hydrogens (tertiary/aromatic N) is 3. The lowest BCUT2D eigenvalue weighted by atomic mass is 9.99. The maximum Gasteiger partial charge on any atom is 0.226 e. The highest BCUT2D eigenvalue weighted by Gasteiger charge is 2.16. The third kappa shape index (κ3) is 3.65. The Morgan fingerprint density at radius 2 is 2.23 bits per heavy atom. The molecule has 5 nitrogen and oxygen atoms in total. The summed E-state index contributed by atoms with van der Waals surface area (Å²) in [5, 5.41) is 3.83. The van der Waals surface area contributed by atoms with Crippen molar-refractivity contribution in [3.63, 3.8) is 0 Å². The lowest BCUT2D eigenvalue weighted by Gasteiger charge is -2.28. The van der Waals surface area contributed by atoms with Gasteiger partial charge < -0.3 is 9.26 Å². The van der Waals surface area contributed by atoms with Gasteiger partial charge in [-0.05, 0) is 56.5 Å². The molecule has 0 radical (unpaired) electrons. The molecule has 5 heteroatoms. The molecule has 2 heterocycles. The van der Waals surface area contributed by atoms with Crippen molar-refractivity contribution in [3.05, 3.63) is 41.0 Å². The Morgan fingerprint density at radius 1 is 1.32 bits per heavy atom. The van der Waals surface area contributed by atoms with Crippen LogP contribution in [0.5, 0.6) is 5.75 Å². The monoisotopic (exact) mass is 301 g/mol. The van der Waals surface area contributed by atoms with Crippen molar-refractivity contribution in [2.45, 2.75) is 39.7 Å². The average molecular weight is 301 g/mol. The minimum atomic E-state index is 0.713. The van der Waals surface area contributed by atoms with Crippen LogP contribution in [-0.4, -0.2) is 34.7 Å². The zero-order chi connectivity index (χ0) is 15.4. The molecular weight excluding hydrogens is 278 g/mol.